The molecule has 0 fully saturated rings. The number of amides is 1. The van der Waals surface area contributed by atoms with Crippen molar-refractivity contribution >= 4 is 12.1 Å². The average Bonchev–Trinajstić information content (AvgIpc) is 3.04. The number of ether oxygens (including phenoxy) is 1. The first-order valence-electron chi connectivity index (χ1n) is 10.8. The highest BCUT2D eigenvalue weighted by Gasteiger charge is 2.22. The molecule has 9 nitrogen and oxygen atoms in total. The van der Waals surface area contributed by atoms with Gasteiger partial charge in [0.15, 0.2) is 11.8 Å². The lowest BCUT2D eigenvalue weighted by molar-refractivity contribution is 0.0486. The van der Waals surface area contributed by atoms with E-state index < -0.39 is 5.60 Å². The maximum atomic E-state index is 12.1. The zero-order valence-electron chi connectivity index (χ0n) is 19.9. The van der Waals surface area contributed by atoms with Gasteiger partial charge in [0.25, 0.3) is 0 Å². The molecule has 2 N–H and O–H groups in total. The molecule has 0 spiro atoms. The van der Waals surface area contributed by atoms with Crippen LogP contribution in [0.5, 0.6) is 0 Å². The van der Waals surface area contributed by atoms with Crippen LogP contribution in [0, 0.1) is 12.8 Å². The molecule has 1 heterocycles. The molecule has 1 atom stereocenters. The molecule has 0 radical (unpaired) electrons. The number of aromatic nitrogens is 2. The fourth-order valence-electron chi connectivity index (χ4n) is 2.80. The Morgan fingerprint density at radius 3 is 2.57 bits per heavy atom. The van der Waals surface area contributed by atoms with Crippen molar-refractivity contribution in [3.63, 3.8) is 0 Å². The number of guanidine groups is 1. The number of nitrogens with one attached hydrogen (secondary N) is 2. The number of carbonyl (C=O) groups is 1. The second-order valence-electron chi connectivity index (χ2n) is 8.78. The lowest BCUT2D eigenvalue weighted by Gasteiger charge is -2.28. The maximum absolute atomic E-state index is 12.1. The number of aryl methyl sites for hydroxylation is 2. The molecule has 0 aliphatic carbocycles. The molecule has 1 rings (SSSR count). The van der Waals surface area contributed by atoms with E-state index >= 15 is 0 Å². The Bertz CT molecular complexity index is 666. The van der Waals surface area contributed by atoms with Gasteiger partial charge in [-0.2, -0.15) is 4.98 Å². The van der Waals surface area contributed by atoms with Crippen LogP contribution >= 0.6 is 0 Å². The van der Waals surface area contributed by atoms with E-state index in [-0.39, 0.29) is 12.1 Å². The number of alkyl carbamates (subject to hydrolysis) is 1. The van der Waals surface area contributed by atoms with Gasteiger partial charge >= 0.3 is 6.09 Å². The molecule has 0 bridgehead atoms. The molecule has 172 valence electrons. The van der Waals surface area contributed by atoms with Crippen molar-refractivity contribution in [3.8, 4) is 0 Å². The molecule has 9 heteroatoms. The summed E-state index contributed by atoms with van der Waals surface area (Å²) in [5.74, 6) is 2.44. The average molecular weight is 425 g/mol. The predicted molar refractivity (Wildman–Crippen MR) is 119 cm³/mol. The van der Waals surface area contributed by atoms with Gasteiger partial charge in [-0.15, -0.1) is 0 Å². The Balaban J connectivity index is 2.55. The number of nitrogens with zero attached hydrogens (tertiary/aromatic N) is 4. The van der Waals surface area contributed by atoms with E-state index in [1.165, 1.54) is 0 Å². The Kier molecular flexibility index (Phi) is 10.6. The van der Waals surface area contributed by atoms with Crippen LogP contribution < -0.4 is 10.6 Å². The van der Waals surface area contributed by atoms with Gasteiger partial charge in [-0.1, -0.05) is 19.0 Å². The zero-order valence-corrected chi connectivity index (χ0v) is 19.9. The minimum Gasteiger partial charge on any atom is -0.444 e. The van der Waals surface area contributed by atoms with E-state index in [1.807, 2.05) is 41.7 Å². The highest BCUT2D eigenvalue weighted by Crippen LogP contribution is 2.11. The molecule has 30 heavy (non-hydrogen) atoms. The SMILES string of the molecule is CCNC(=NCCCc1nc(C)no1)N(C)CCC(NC(=O)OC(C)(C)C)C(C)C. The minimum absolute atomic E-state index is 0.0194. The summed E-state index contributed by atoms with van der Waals surface area (Å²) in [4.78, 5) is 23.1. The monoisotopic (exact) mass is 424 g/mol. The standard InChI is InChI=1S/C21H40N6O3/c1-9-22-19(23-13-10-11-18-24-16(4)26-30-18)27(8)14-12-17(15(2)3)25-20(28)29-21(5,6)7/h15,17H,9-14H2,1-8H3,(H,22,23)(H,25,28). The van der Waals surface area contributed by atoms with Gasteiger partial charge in [0.1, 0.15) is 5.60 Å². The third kappa shape index (κ3) is 10.5. The zero-order chi connectivity index (χ0) is 22.7. The third-order valence-electron chi connectivity index (χ3n) is 4.36. The molecular formula is C21H40N6O3. The van der Waals surface area contributed by atoms with Gasteiger partial charge in [0.2, 0.25) is 5.89 Å². The van der Waals surface area contributed by atoms with Crippen LogP contribution in [0.25, 0.3) is 0 Å². The summed E-state index contributed by atoms with van der Waals surface area (Å²) in [5, 5.41) is 10.1. The minimum atomic E-state index is -0.507. The number of hydrogen-bond donors (Lipinski definition) is 2. The highest BCUT2D eigenvalue weighted by molar-refractivity contribution is 5.79. The molecule has 1 unspecified atom stereocenters. The van der Waals surface area contributed by atoms with Gasteiger partial charge in [-0.25, -0.2) is 4.79 Å². The van der Waals surface area contributed by atoms with E-state index in [9.17, 15) is 4.79 Å². The van der Waals surface area contributed by atoms with Crippen LogP contribution in [0.3, 0.4) is 0 Å². The molecule has 0 aliphatic heterocycles. The molecule has 0 saturated heterocycles. The largest absolute Gasteiger partial charge is 0.444 e. The Morgan fingerprint density at radius 2 is 2.03 bits per heavy atom. The number of aliphatic imine (C=N–C) groups is 1. The molecule has 0 aliphatic rings. The summed E-state index contributed by atoms with van der Waals surface area (Å²) in [6, 6.07) is 0.0194. The Labute approximate surface area is 181 Å². The van der Waals surface area contributed by atoms with E-state index in [1.54, 1.807) is 0 Å². The van der Waals surface area contributed by atoms with Crippen LogP contribution in [-0.4, -0.2) is 65.4 Å². The third-order valence-corrected chi connectivity index (χ3v) is 4.36. The smallest absolute Gasteiger partial charge is 0.407 e. The number of rotatable bonds is 10. The second-order valence-corrected chi connectivity index (χ2v) is 8.78. The Morgan fingerprint density at radius 1 is 1.33 bits per heavy atom. The molecule has 1 aromatic rings. The molecule has 0 aromatic carbocycles. The van der Waals surface area contributed by atoms with Gasteiger partial charge in [-0.05, 0) is 53.4 Å². The fourth-order valence-corrected chi connectivity index (χ4v) is 2.80. The fraction of sp³-hybridized carbons (Fsp3) is 0.810. The molecule has 1 aromatic heterocycles. The summed E-state index contributed by atoms with van der Waals surface area (Å²) in [6.45, 7) is 15.9. The van der Waals surface area contributed by atoms with Gasteiger partial charge in [-0.3, -0.25) is 4.99 Å². The first-order chi connectivity index (χ1) is 14.0. The first kappa shape index (κ1) is 25.7. The van der Waals surface area contributed by atoms with Crippen LogP contribution in [0.2, 0.25) is 0 Å². The van der Waals surface area contributed by atoms with Crippen LogP contribution in [0.4, 0.5) is 4.79 Å². The van der Waals surface area contributed by atoms with Gasteiger partial charge in [0.05, 0.1) is 0 Å². The lowest BCUT2D eigenvalue weighted by atomic mass is 10.0. The summed E-state index contributed by atoms with van der Waals surface area (Å²) in [6.07, 6.45) is 1.96. The van der Waals surface area contributed by atoms with Crippen molar-refractivity contribution in [2.24, 2.45) is 10.9 Å². The number of hydrogen-bond acceptors (Lipinski definition) is 6. The summed E-state index contributed by atoms with van der Waals surface area (Å²) >= 11 is 0. The number of carbonyl (C=O) groups excluding carboxylic acids is 1. The lowest BCUT2D eigenvalue weighted by Crippen LogP contribution is -2.45. The molecule has 1 amide bonds. The van der Waals surface area contributed by atoms with E-state index in [2.05, 4.69) is 39.5 Å². The van der Waals surface area contributed by atoms with Crippen LogP contribution in [0.15, 0.2) is 9.52 Å². The predicted octanol–water partition coefficient (Wildman–Crippen LogP) is 3.15. The van der Waals surface area contributed by atoms with Gasteiger partial charge in [0, 0.05) is 39.1 Å². The summed E-state index contributed by atoms with van der Waals surface area (Å²) < 4.78 is 10.5. The highest BCUT2D eigenvalue weighted by atomic mass is 16.6. The molecular weight excluding hydrogens is 384 g/mol. The van der Waals surface area contributed by atoms with Crippen molar-refractivity contribution < 1.29 is 14.1 Å². The first-order valence-corrected chi connectivity index (χ1v) is 10.8. The second kappa shape index (κ2) is 12.4. The van der Waals surface area contributed by atoms with Crippen LogP contribution in [0.1, 0.15) is 66.1 Å². The Hall–Kier alpha value is -2.32. The summed E-state index contributed by atoms with van der Waals surface area (Å²) in [5.41, 5.74) is -0.507. The molecule has 0 saturated carbocycles. The normalized spacial score (nSPS) is 13.3. The van der Waals surface area contributed by atoms with E-state index in [4.69, 9.17) is 14.3 Å². The quantitative estimate of drug-likeness (QED) is 0.338. The van der Waals surface area contributed by atoms with Crippen molar-refractivity contribution in [1.29, 1.82) is 0 Å². The van der Waals surface area contributed by atoms with E-state index in [0.29, 0.717) is 30.6 Å². The van der Waals surface area contributed by atoms with Crippen molar-refractivity contribution in [2.45, 2.75) is 79.4 Å². The maximum Gasteiger partial charge on any atom is 0.407 e. The van der Waals surface area contributed by atoms with Crippen molar-refractivity contribution in [2.75, 3.05) is 26.7 Å². The van der Waals surface area contributed by atoms with Crippen LogP contribution in [-0.2, 0) is 11.2 Å². The van der Waals surface area contributed by atoms with Crippen molar-refractivity contribution in [3.05, 3.63) is 11.7 Å². The topological polar surface area (TPSA) is 105 Å². The van der Waals surface area contributed by atoms with E-state index in [0.717, 1.165) is 31.9 Å². The van der Waals surface area contributed by atoms with Gasteiger partial charge < -0.3 is 24.8 Å². The summed E-state index contributed by atoms with van der Waals surface area (Å²) in [7, 11) is 2.01. The van der Waals surface area contributed by atoms with Crippen molar-refractivity contribution in [1.82, 2.24) is 25.7 Å².